The Morgan fingerprint density at radius 1 is 1.32 bits per heavy atom. The second-order valence-electron chi connectivity index (χ2n) is 5.80. The van der Waals surface area contributed by atoms with E-state index < -0.39 is 0 Å². The normalized spacial score (nSPS) is 25.5. The summed E-state index contributed by atoms with van der Waals surface area (Å²) in [6, 6.07) is 0. The smallest absolute Gasteiger partial charge is 0.132 e. The number of fused-ring (bicyclic) bond motifs is 1. The van der Waals surface area contributed by atoms with Crippen molar-refractivity contribution in [1.82, 2.24) is 19.4 Å². The van der Waals surface area contributed by atoms with Gasteiger partial charge in [0, 0.05) is 51.0 Å². The Hall–Kier alpha value is -0.910. The van der Waals surface area contributed by atoms with Crippen molar-refractivity contribution >= 4 is 0 Å². The van der Waals surface area contributed by atoms with Crippen molar-refractivity contribution in [3.05, 3.63) is 17.7 Å². The first kappa shape index (κ1) is 13.1. The van der Waals surface area contributed by atoms with Gasteiger partial charge >= 0.3 is 0 Å². The van der Waals surface area contributed by atoms with E-state index in [9.17, 15) is 5.11 Å². The van der Waals surface area contributed by atoms with Crippen LogP contribution in [0.5, 0.6) is 0 Å². The molecule has 5 nitrogen and oxygen atoms in total. The Labute approximate surface area is 114 Å². The van der Waals surface area contributed by atoms with E-state index in [1.165, 1.54) is 5.69 Å². The SMILES string of the molecule is CN1CCN(CCc2ncc3n2C(O)CCC3)CC1. The van der Waals surface area contributed by atoms with Crippen LogP contribution >= 0.6 is 0 Å². The number of hydrogen-bond donors (Lipinski definition) is 1. The zero-order chi connectivity index (χ0) is 13.2. The van der Waals surface area contributed by atoms with Gasteiger partial charge in [-0.3, -0.25) is 0 Å². The summed E-state index contributed by atoms with van der Waals surface area (Å²) in [4.78, 5) is 9.38. The fraction of sp³-hybridized carbons (Fsp3) is 0.786. The van der Waals surface area contributed by atoms with E-state index >= 15 is 0 Å². The highest BCUT2D eigenvalue weighted by molar-refractivity contribution is 5.09. The number of piperazine rings is 1. The van der Waals surface area contributed by atoms with Gasteiger partial charge in [0.2, 0.25) is 0 Å². The molecular weight excluding hydrogens is 240 g/mol. The number of likely N-dealkylation sites (N-methyl/N-ethyl adjacent to an activating group) is 1. The van der Waals surface area contributed by atoms with E-state index in [1.54, 1.807) is 0 Å². The summed E-state index contributed by atoms with van der Waals surface area (Å²) in [7, 11) is 2.18. The van der Waals surface area contributed by atoms with Gasteiger partial charge in [0.15, 0.2) is 0 Å². The summed E-state index contributed by atoms with van der Waals surface area (Å²) < 4.78 is 2.06. The van der Waals surface area contributed by atoms with Crippen LogP contribution in [0.3, 0.4) is 0 Å². The number of aliphatic hydroxyl groups excluding tert-OH is 1. The van der Waals surface area contributed by atoms with Crippen LogP contribution in [0.15, 0.2) is 6.20 Å². The first-order valence-corrected chi connectivity index (χ1v) is 7.38. The molecule has 0 aliphatic carbocycles. The van der Waals surface area contributed by atoms with Crippen LogP contribution < -0.4 is 0 Å². The zero-order valence-electron chi connectivity index (χ0n) is 11.8. The maximum Gasteiger partial charge on any atom is 0.132 e. The molecule has 19 heavy (non-hydrogen) atoms. The number of aromatic nitrogens is 2. The van der Waals surface area contributed by atoms with Gasteiger partial charge in [-0.25, -0.2) is 4.98 Å². The summed E-state index contributed by atoms with van der Waals surface area (Å²) in [5.41, 5.74) is 1.20. The highest BCUT2D eigenvalue weighted by Crippen LogP contribution is 2.24. The lowest BCUT2D eigenvalue weighted by molar-refractivity contribution is 0.0748. The molecule has 1 fully saturated rings. The second kappa shape index (κ2) is 5.61. The third kappa shape index (κ3) is 2.83. The minimum absolute atomic E-state index is 0.353. The Kier molecular flexibility index (Phi) is 3.86. The number of imidazole rings is 1. The molecule has 1 N–H and O–H groups in total. The fourth-order valence-corrected chi connectivity index (χ4v) is 3.10. The van der Waals surface area contributed by atoms with Crippen molar-refractivity contribution in [2.24, 2.45) is 0 Å². The summed E-state index contributed by atoms with van der Waals surface area (Å²) in [6.07, 6.45) is 5.53. The van der Waals surface area contributed by atoms with Crippen molar-refractivity contribution < 1.29 is 5.11 Å². The largest absolute Gasteiger partial charge is 0.373 e. The minimum atomic E-state index is -0.353. The van der Waals surface area contributed by atoms with Crippen LogP contribution in [-0.4, -0.2) is 64.2 Å². The summed E-state index contributed by atoms with van der Waals surface area (Å²) in [5, 5.41) is 10.1. The summed E-state index contributed by atoms with van der Waals surface area (Å²) in [5.74, 6) is 1.06. The van der Waals surface area contributed by atoms with E-state index in [2.05, 4.69) is 26.4 Å². The third-order valence-corrected chi connectivity index (χ3v) is 4.39. The maximum atomic E-state index is 10.1. The van der Waals surface area contributed by atoms with Crippen LogP contribution in [0.1, 0.15) is 30.6 Å². The van der Waals surface area contributed by atoms with Gasteiger partial charge in [-0.05, 0) is 26.3 Å². The molecule has 106 valence electrons. The topological polar surface area (TPSA) is 44.5 Å². The first-order chi connectivity index (χ1) is 9.24. The van der Waals surface area contributed by atoms with Gasteiger partial charge in [-0.15, -0.1) is 0 Å². The lowest BCUT2D eigenvalue weighted by Gasteiger charge is -2.32. The molecule has 5 heteroatoms. The van der Waals surface area contributed by atoms with Crippen LogP contribution in [0.25, 0.3) is 0 Å². The lowest BCUT2D eigenvalue weighted by atomic mass is 10.1. The molecule has 3 heterocycles. The quantitative estimate of drug-likeness (QED) is 0.863. The number of hydrogen-bond acceptors (Lipinski definition) is 4. The van der Waals surface area contributed by atoms with E-state index in [1.807, 2.05) is 6.20 Å². The Balaban J connectivity index is 1.60. The molecule has 0 aromatic carbocycles. The molecule has 3 rings (SSSR count). The summed E-state index contributed by atoms with van der Waals surface area (Å²) >= 11 is 0. The average molecular weight is 264 g/mol. The molecule has 0 amide bonds. The molecule has 1 aromatic heterocycles. The number of aliphatic hydroxyl groups is 1. The molecular formula is C14H24N4O. The van der Waals surface area contributed by atoms with Crippen LogP contribution in [-0.2, 0) is 12.8 Å². The van der Waals surface area contributed by atoms with Crippen LogP contribution in [0, 0.1) is 0 Å². The third-order valence-electron chi connectivity index (χ3n) is 4.39. The summed E-state index contributed by atoms with van der Waals surface area (Å²) in [6.45, 7) is 5.65. The van der Waals surface area contributed by atoms with Crippen LogP contribution in [0.2, 0.25) is 0 Å². The second-order valence-corrected chi connectivity index (χ2v) is 5.80. The molecule has 2 aliphatic heterocycles. The number of rotatable bonds is 3. The lowest BCUT2D eigenvalue weighted by Crippen LogP contribution is -2.45. The minimum Gasteiger partial charge on any atom is -0.373 e. The van der Waals surface area contributed by atoms with Gasteiger partial charge in [-0.2, -0.15) is 0 Å². The highest BCUT2D eigenvalue weighted by atomic mass is 16.3. The molecule has 0 spiro atoms. The molecule has 1 aromatic rings. The highest BCUT2D eigenvalue weighted by Gasteiger charge is 2.21. The monoisotopic (exact) mass is 264 g/mol. The van der Waals surface area contributed by atoms with Gasteiger partial charge in [0.05, 0.1) is 0 Å². The van der Waals surface area contributed by atoms with Gasteiger partial charge < -0.3 is 19.5 Å². The fourth-order valence-electron chi connectivity index (χ4n) is 3.10. The van der Waals surface area contributed by atoms with Crippen molar-refractivity contribution in [3.8, 4) is 0 Å². The Morgan fingerprint density at radius 2 is 2.11 bits per heavy atom. The van der Waals surface area contributed by atoms with Gasteiger partial charge in [0.25, 0.3) is 0 Å². The molecule has 2 aliphatic rings. The van der Waals surface area contributed by atoms with Gasteiger partial charge in [0.1, 0.15) is 12.1 Å². The Bertz CT molecular complexity index is 423. The molecule has 0 bridgehead atoms. The maximum absolute atomic E-state index is 10.1. The first-order valence-electron chi connectivity index (χ1n) is 7.38. The molecule has 1 unspecified atom stereocenters. The van der Waals surface area contributed by atoms with E-state index in [0.717, 1.165) is 64.2 Å². The number of nitrogens with zero attached hydrogens (tertiary/aromatic N) is 4. The Morgan fingerprint density at radius 3 is 2.89 bits per heavy atom. The van der Waals surface area contributed by atoms with E-state index in [0.29, 0.717) is 0 Å². The predicted octanol–water partition coefficient (Wildman–Crippen LogP) is 0.500. The molecule has 0 saturated carbocycles. The van der Waals surface area contributed by atoms with Gasteiger partial charge in [-0.1, -0.05) is 0 Å². The predicted molar refractivity (Wildman–Crippen MR) is 74.1 cm³/mol. The van der Waals surface area contributed by atoms with E-state index in [4.69, 9.17) is 0 Å². The molecule has 1 saturated heterocycles. The molecule has 0 radical (unpaired) electrons. The van der Waals surface area contributed by atoms with Crippen molar-refractivity contribution in [3.63, 3.8) is 0 Å². The zero-order valence-corrected chi connectivity index (χ0v) is 11.8. The van der Waals surface area contributed by atoms with Crippen molar-refractivity contribution in [1.29, 1.82) is 0 Å². The average Bonchev–Trinajstić information content (AvgIpc) is 2.83. The molecule has 1 atom stereocenters. The van der Waals surface area contributed by atoms with E-state index in [-0.39, 0.29) is 6.23 Å². The van der Waals surface area contributed by atoms with Crippen LogP contribution in [0.4, 0.5) is 0 Å². The van der Waals surface area contributed by atoms with Crippen molar-refractivity contribution in [2.75, 3.05) is 39.8 Å². The number of aryl methyl sites for hydroxylation is 1. The van der Waals surface area contributed by atoms with Crippen molar-refractivity contribution in [2.45, 2.75) is 31.9 Å². The standard InChI is InChI=1S/C14H24N4O/c1-16-7-9-17(10-8-16)6-5-13-15-11-12-3-2-4-14(19)18(12)13/h11,14,19H,2-10H2,1H3.